The quantitative estimate of drug-likeness (QED) is 0.140. The highest BCUT2D eigenvalue weighted by Gasteiger charge is 2.46. The summed E-state index contributed by atoms with van der Waals surface area (Å²) >= 11 is 0. The van der Waals surface area contributed by atoms with E-state index in [2.05, 4.69) is 17.3 Å². The van der Waals surface area contributed by atoms with Crippen molar-refractivity contribution in [1.82, 2.24) is 0 Å². The first kappa shape index (κ1) is 23.8. The van der Waals surface area contributed by atoms with Crippen LogP contribution in [-0.2, 0) is 11.2 Å². The van der Waals surface area contributed by atoms with Crippen molar-refractivity contribution in [2.45, 2.75) is 36.9 Å². The fourth-order valence-electron chi connectivity index (χ4n) is 5.32. The summed E-state index contributed by atoms with van der Waals surface area (Å²) in [5, 5.41) is 45.9. The molecule has 2 aliphatic carbocycles. The topological polar surface area (TPSA) is 123 Å². The summed E-state index contributed by atoms with van der Waals surface area (Å²) in [6.45, 7) is 0. The maximum atomic E-state index is 10.6. The molecule has 0 saturated heterocycles. The number of hydrogen-bond acceptors (Lipinski definition) is 5. The summed E-state index contributed by atoms with van der Waals surface area (Å²) in [4.78, 5) is 0. The van der Waals surface area contributed by atoms with E-state index in [1.807, 2.05) is 78.9 Å². The maximum absolute atomic E-state index is 10.6. The van der Waals surface area contributed by atoms with Crippen molar-refractivity contribution in [1.29, 1.82) is 5.26 Å². The average molecular weight is 480 g/mol. The Morgan fingerprint density at radius 2 is 1.19 bits per heavy atom. The first-order chi connectivity index (χ1) is 17.3. The molecule has 0 aromatic heterocycles. The van der Waals surface area contributed by atoms with Gasteiger partial charge in [0.25, 0.3) is 0 Å². The Hall–Kier alpha value is -3.92. The predicted octanol–water partition coefficient (Wildman–Crippen LogP) is 5.14. The van der Waals surface area contributed by atoms with Crippen LogP contribution in [0.3, 0.4) is 0 Å². The van der Waals surface area contributed by atoms with Crippen molar-refractivity contribution in [3.63, 3.8) is 0 Å². The fraction of sp³-hybridized carbons (Fsp3) is 0.267. The van der Waals surface area contributed by atoms with Crippen LogP contribution < -0.4 is 5.73 Å². The van der Waals surface area contributed by atoms with E-state index in [1.54, 1.807) is 0 Å². The molecule has 4 aromatic rings. The number of oxime groups is 1. The minimum absolute atomic E-state index is 0.00599. The lowest BCUT2D eigenvalue weighted by molar-refractivity contribution is -0.0627. The van der Waals surface area contributed by atoms with Gasteiger partial charge < -0.3 is 21.2 Å². The number of nitrogens with zero attached hydrogens (tertiary/aromatic N) is 2. The molecule has 0 radical (unpaired) electrons. The van der Waals surface area contributed by atoms with Crippen LogP contribution >= 0.6 is 0 Å². The molecule has 2 saturated carbocycles. The van der Waals surface area contributed by atoms with E-state index in [9.17, 15) is 10.2 Å². The van der Waals surface area contributed by atoms with Crippen LogP contribution in [0, 0.1) is 23.2 Å². The first-order valence-corrected chi connectivity index (χ1v) is 12.1. The van der Waals surface area contributed by atoms with Gasteiger partial charge in [0.1, 0.15) is 5.84 Å². The molecular weight excluding hydrogens is 450 g/mol. The lowest BCUT2D eigenvalue weighted by Crippen LogP contribution is -2.46. The van der Waals surface area contributed by atoms with Gasteiger partial charge in [-0.25, -0.2) is 0 Å². The number of nitriles is 1. The van der Waals surface area contributed by atoms with Crippen LogP contribution in [0.1, 0.15) is 36.8 Å². The summed E-state index contributed by atoms with van der Waals surface area (Å²) in [5.41, 5.74) is 5.74. The number of nitrogens with two attached hydrogens (primary N) is 1. The Morgan fingerprint density at radius 3 is 1.64 bits per heavy atom. The van der Waals surface area contributed by atoms with E-state index < -0.39 is 11.2 Å². The molecule has 4 aromatic carbocycles. The number of aliphatic hydroxyl groups is 2. The van der Waals surface area contributed by atoms with E-state index in [0.29, 0.717) is 25.7 Å². The van der Waals surface area contributed by atoms with Crippen molar-refractivity contribution in [3.8, 4) is 6.07 Å². The van der Waals surface area contributed by atoms with E-state index in [4.69, 9.17) is 16.2 Å². The Labute approximate surface area is 209 Å². The second-order valence-electron chi connectivity index (χ2n) is 10.1. The zero-order valence-electron chi connectivity index (χ0n) is 19.9. The smallest absolute Gasteiger partial charge is 0.142 e. The molecule has 6 heteroatoms. The number of amidine groups is 1. The first-order valence-electron chi connectivity index (χ1n) is 12.1. The standard InChI is InChI=1S/C15H16N2O2.C15H13NO/c16-14(17-19)12-8-15(18,9-12)13-6-5-10-3-1-2-4-11(10)7-13;16-10-11-8-15(17,9-11)14-6-5-12-3-1-2-4-13(12)7-14/h1-7,12,18-19H,8-9H2,(H2,16,17);1-7,11,17H,8-9H2. The number of hydrogen-bond donors (Lipinski definition) is 4. The van der Waals surface area contributed by atoms with Gasteiger partial charge in [0.15, 0.2) is 0 Å². The van der Waals surface area contributed by atoms with Crippen molar-refractivity contribution in [2.24, 2.45) is 22.7 Å². The zero-order chi connectivity index (χ0) is 25.3. The molecule has 2 aliphatic rings. The highest BCUT2D eigenvalue weighted by Crippen LogP contribution is 2.47. The minimum atomic E-state index is -0.857. The molecule has 2 fully saturated rings. The number of benzene rings is 4. The monoisotopic (exact) mass is 479 g/mol. The van der Waals surface area contributed by atoms with Gasteiger partial charge in [0.2, 0.25) is 0 Å². The third-order valence-electron chi connectivity index (χ3n) is 7.63. The SMILES string of the molecule is N#CC1CC(O)(c2ccc3ccccc3c2)C1.N/C(=N/O)C1CC(O)(c2ccc3ccccc3c2)C1. The van der Waals surface area contributed by atoms with Gasteiger partial charge in [-0.05, 0) is 70.5 Å². The van der Waals surface area contributed by atoms with Crippen molar-refractivity contribution >= 4 is 27.4 Å². The van der Waals surface area contributed by atoms with Gasteiger partial charge in [-0.15, -0.1) is 0 Å². The average Bonchev–Trinajstić information content (AvgIpc) is 2.88. The van der Waals surface area contributed by atoms with E-state index in [0.717, 1.165) is 27.3 Å². The van der Waals surface area contributed by atoms with Gasteiger partial charge >= 0.3 is 0 Å². The largest absolute Gasteiger partial charge is 0.409 e. The van der Waals surface area contributed by atoms with Crippen LogP contribution in [0.2, 0.25) is 0 Å². The van der Waals surface area contributed by atoms with E-state index >= 15 is 0 Å². The Kier molecular flexibility index (Phi) is 6.13. The number of fused-ring (bicyclic) bond motifs is 2. The second-order valence-corrected chi connectivity index (χ2v) is 10.1. The molecule has 0 atom stereocenters. The molecule has 5 N–H and O–H groups in total. The van der Waals surface area contributed by atoms with Gasteiger partial charge in [-0.1, -0.05) is 78.0 Å². The lowest BCUT2D eigenvalue weighted by Gasteiger charge is -2.43. The van der Waals surface area contributed by atoms with E-state index in [1.165, 1.54) is 5.39 Å². The van der Waals surface area contributed by atoms with Crippen LogP contribution in [0.4, 0.5) is 0 Å². The molecule has 0 spiro atoms. The molecule has 182 valence electrons. The minimum Gasteiger partial charge on any atom is -0.409 e. The molecule has 6 rings (SSSR count). The summed E-state index contributed by atoms with van der Waals surface area (Å²) in [7, 11) is 0. The molecule has 0 bridgehead atoms. The maximum Gasteiger partial charge on any atom is 0.142 e. The van der Waals surface area contributed by atoms with Crippen LogP contribution in [0.15, 0.2) is 90.1 Å². The van der Waals surface area contributed by atoms with Gasteiger partial charge in [-0.3, -0.25) is 0 Å². The van der Waals surface area contributed by atoms with Gasteiger partial charge in [-0.2, -0.15) is 5.26 Å². The summed E-state index contributed by atoms with van der Waals surface area (Å²) in [6.07, 6.45) is 2.12. The second kappa shape index (κ2) is 9.27. The normalized spacial score (nSPS) is 27.3. The molecule has 36 heavy (non-hydrogen) atoms. The Balaban J connectivity index is 0.000000149. The molecular formula is C30H29N3O3. The fourth-order valence-corrected chi connectivity index (χ4v) is 5.32. The van der Waals surface area contributed by atoms with Crippen molar-refractivity contribution in [2.75, 3.05) is 0 Å². The van der Waals surface area contributed by atoms with E-state index in [-0.39, 0.29) is 17.7 Å². The number of rotatable bonds is 3. The molecule has 0 heterocycles. The summed E-state index contributed by atoms with van der Waals surface area (Å²) in [6, 6.07) is 30.4. The van der Waals surface area contributed by atoms with Crippen LogP contribution in [0.25, 0.3) is 21.5 Å². The van der Waals surface area contributed by atoms with Crippen molar-refractivity contribution < 1.29 is 15.4 Å². The lowest BCUT2D eigenvalue weighted by atomic mass is 9.67. The third kappa shape index (κ3) is 4.39. The predicted molar refractivity (Wildman–Crippen MR) is 140 cm³/mol. The highest BCUT2D eigenvalue weighted by atomic mass is 16.4. The van der Waals surface area contributed by atoms with Crippen LogP contribution in [-0.4, -0.2) is 21.3 Å². The molecule has 0 amide bonds. The van der Waals surface area contributed by atoms with Crippen LogP contribution in [0.5, 0.6) is 0 Å². The highest BCUT2D eigenvalue weighted by molar-refractivity contribution is 5.85. The van der Waals surface area contributed by atoms with Gasteiger partial charge in [0, 0.05) is 5.92 Å². The third-order valence-corrected chi connectivity index (χ3v) is 7.63. The molecule has 0 aliphatic heterocycles. The molecule has 0 unspecified atom stereocenters. The Morgan fingerprint density at radius 1 is 0.750 bits per heavy atom. The van der Waals surface area contributed by atoms with Crippen molar-refractivity contribution in [3.05, 3.63) is 96.1 Å². The molecule has 6 nitrogen and oxygen atoms in total. The van der Waals surface area contributed by atoms with Gasteiger partial charge in [0.05, 0.1) is 23.2 Å². The summed E-state index contributed by atoms with van der Waals surface area (Å²) < 4.78 is 0. The zero-order valence-corrected chi connectivity index (χ0v) is 19.9. The Bertz CT molecular complexity index is 1480. The summed E-state index contributed by atoms with van der Waals surface area (Å²) in [5.74, 6) is 0.165.